The number of aliphatic hydroxyl groups is 1. The first-order valence-electron chi connectivity index (χ1n) is 4.24. The molecule has 1 rings (SSSR count). The Morgan fingerprint density at radius 2 is 2.33 bits per heavy atom. The van der Waals surface area contributed by atoms with E-state index >= 15 is 0 Å². The quantitative estimate of drug-likeness (QED) is 0.861. The fraction of sp³-hybridized carbons (Fsp3) is 0.300. The second-order valence-electron chi connectivity index (χ2n) is 2.96. The van der Waals surface area contributed by atoms with Crippen molar-refractivity contribution >= 4 is 21.9 Å². The van der Waals surface area contributed by atoms with Crippen molar-refractivity contribution in [1.29, 1.82) is 0 Å². The lowest BCUT2D eigenvalue weighted by atomic mass is 10.1. The molecule has 5 heteroatoms. The lowest BCUT2D eigenvalue weighted by molar-refractivity contribution is -0.142. The Hall–Kier alpha value is -0.940. The maximum Gasteiger partial charge on any atom is 0.308 e. The van der Waals surface area contributed by atoms with Crippen LogP contribution in [0.15, 0.2) is 22.7 Å². The number of halogens is 2. The van der Waals surface area contributed by atoms with Gasteiger partial charge in [0.25, 0.3) is 0 Å². The molecule has 82 valence electrons. The van der Waals surface area contributed by atoms with Crippen LogP contribution in [0.2, 0.25) is 0 Å². The number of esters is 1. The van der Waals surface area contributed by atoms with Crippen LogP contribution >= 0.6 is 15.9 Å². The van der Waals surface area contributed by atoms with Crippen LogP contribution < -0.4 is 0 Å². The van der Waals surface area contributed by atoms with Gasteiger partial charge in [-0.3, -0.25) is 4.79 Å². The Kier molecular flexibility index (Phi) is 4.23. The van der Waals surface area contributed by atoms with E-state index in [0.29, 0.717) is 4.47 Å². The molecule has 0 radical (unpaired) electrons. The highest BCUT2D eigenvalue weighted by atomic mass is 79.9. The third-order valence-electron chi connectivity index (χ3n) is 1.90. The van der Waals surface area contributed by atoms with Gasteiger partial charge in [-0.1, -0.05) is 15.9 Å². The van der Waals surface area contributed by atoms with Crippen molar-refractivity contribution in [3.05, 3.63) is 34.1 Å². The molecule has 0 spiro atoms. The van der Waals surface area contributed by atoms with E-state index in [9.17, 15) is 14.3 Å². The van der Waals surface area contributed by atoms with Crippen LogP contribution in [0.4, 0.5) is 4.39 Å². The number of carbonyl (C=O) groups excluding carboxylic acids is 1. The molecule has 0 aliphatic carbocycles. The van der Waals surface area contributed by atoms with E-state index in [1.807, 2.05) is 0 Å². The van der Waals surface area contributed by atoms with Crippen LogP contribution in [-0.2, 0) is 9.53 Å². The molecule has 0 heterocycles. The van der Waals surface area contributed by atoms with Crippen molar-refractivity contribution in [3.8, 4) is 0 Å². The number of hydrogen-bond acceptors (Lipinski definition) is 3. The number of hydrogen-bond donors (Lipinski definition) is 1. The van der Waals surface area contributed by atoms with Gasteiger partial charge in [-0.25, -0.2) is 4.39 Å². The molecular weight excluding hydrogens is 267 g/mol. The van der Waals surface area contributed by atoms with E-state index in [1.165, 1.54) is 25.3 Å². The van der Waals surface area contributed by atoms with Crippen molar-refractivity contribution < 1.29 is 19.0 Å². The predicted octanol–water partition coefficient (Wildman–Crippen LogP) is 2.18. The summed E-state index contributed by atoms with van der Waals surface area (Å²) in [7, 11) is 1.21. The average molecular weight is 277 g/mol. The number of carbonyl (C=O) groups is 1. The summed E-state index contributed by atoms with van der Waals surface area (Å²) in [4.78, 5) is 10.9. The lowest BCUT2D eigenvalue weighted by Gasteiger charge is -2.10. The van der Waals surface area contributed by atoms with Crippen LogP contribution in [0.3, 0.4) is 0 Å². The first kappa shape index (κ1) is 12.1. The first-order chi connectivity index (χ1) is 7.04. The van der Waals surface area contributed by atoms with Crippen LogP contribution in [0.1, 0.15) is 18.1 Å². The average Bonchev–Trinajstić information content (AvgIpc) is 2.21. The van der Waals surface area contributed by atoms with Gasteiger partial charge in [0.15, 0.2) is 0 Å². The molecule has 1 aromatic carbocycles. The fourth-order valence-corrected chi connectivity index (χ4v) is 1.50. The number of ether oxygens (including phenoxy) is 1. The van der Waals surface area contributed by atoms with E-state index in [0.717, 1.165) is 0 Å². The Morgan fingerprint density at radius 3 is 2.93 bits per heavy atom. The minimum atomic E-state index is -1.19. The summed E-state index contributed by atoms with van der Waals surface area (Å²) < 4.78 is 18.3. The van der Waals surface area contributed by atoms with Crippen LogP contribution in [-0.4, -0.2) is 18.2 Å². The summed E-state index contributed by atoms with van der Waals surface area (Å²) in [5, 5.41) is 9.57. The predicted molar refractivity (Wildman–Crippen MR) is 55.7 cm³/mol. The van der Waals surface area contributed by atoms with Gasteiger partial charge in [0, 0.05) is 10.0 Å². The molecule has 0 amide bonds. The first-order valence-corrected chi connectivity index (χ1v) is 5.03. The largest absolute Gasteiger partial charge is 0.469 e. The minimum absolute atomic E-state index is 0.0785. The van der Waals surface area contributed by atoms with Gasteiger partial charge < -0.3 is 9.84 Å². The van der Waals surface area contributed by atoms with Gasteiger partial charge in [0.2, 0.25) is 0 Å². The Balaban J connectivity index is 2.85. The normalized spacial score (nSPS) is 12.3. The van der Waals surface area contributed by atoms with Crippen molar-refractivity contribution in [2.24, 2.45) is 0 Å². The lowest BCUT2D eigenvalue weighted by Crippen LogP contribution is -2.09. The molecule has 1 unspecified atom stereocenters. The van der Waals surface area contributed by atoms with Gasteiger partial charge >= 0.3 is 5.97 Å². The van der Waals surface area contributed by atoms with Gasteiger partial charge in [0.1, 0.15) is 5.82 Å². The van der Waals surface area contributed by atoms with Crippen LogP contribution in [0.5, 0.6) is 0 Å². The molecule has 3 nitrogen and oxygen atoms in total. The zero-order valence-corrected chi connectivity index (χ0v) is 9.62. The number of methoxy groups -OCH3 is 1. The van der Waals surface area contributed by atoms with Gasteiger partial charge in [-0.15, -0.1) is 0 Å². The summed E-state index contributed by atoms with van der Waals surface area (Å²) in [5.41, 5.74) is 0.0785. The minimum Gasteiger partial charge on any atom is -0.469 e. The summed E-state index contributed by atoms with van der Waals surface area (Å²) in [6, 6.07) is 4.17. The molecule has 0 aliphatic rings. The Labute approximate surface area is 95.0 Å². The standard InChI is InChI=1S/C10H10BrFO3/c1-15-10(14)5-9(13)7-4-6(11)2-3-8(7)12/h2-4,9,13H,5H2,1H3. The van der Waals surface area contributed by atoms with Crippen molar-refractivity contribution in [3.63, 3.8) is 0 Å². The zero-order valence-electron chi connectivity index (χ0n) is 8.04. The maximum absolute atomic E-state index is 13.2. The fourth-order valence-electron chi connectivity index (χ4n) is 1.12. The smallest absolute Gasteiger partial charge is 0.308 e. The van der Waals surface area contributed by atoms with E-state index < -0.39 is 17.9 Å². The van der Waals surface area contributed by atoms with Gasteiger partial charge in [-0.2, -0.15) is 0 Å². The summed E-state index contributed by atoms with van der Waals surface area (Å²) in [6.45, 7) is 0. The molecule has 1 N–H and O–H groups in total. The molecular formula is C10H10BrFO3. The number of rotatable bonds is 3. The highest BCUT2D eigenvalue weighted by Gasteiger charge is 2.17. The van der Waals surface area contributed by atoms with Gasteiger partial charge in [-0.05, 0) is 18.2 Å². The van der Waals surface area contributed by atoms with Gasteiger partial charge in [0.05, 0.1) is 19.6 Å². The zero-order chi connectivity index (χ0) is 11.4. The molecule has 0 fully saturated rings. The highest BCUT2D eigenvalue weighted by Crippen LogP contribution is 2.24. The molecule has 0 saturated heterocycles. The third-order valence-corrected chi connectivity index (χ3v) is 2.40. The van der Waals surface area contributed by atoms with Crippen molar-refractivity contribution in [2.75, 3.05) is 7.11 Å². The molecule has 0 aromatic heterocycles. The summed E-state index contributed by atoms with van der Waals surface area (Å²) >= 11 is 3.15. The van der Waals surface area contributed by atoms with E-state index in [2.05, 4.69) is 20.7 Å². The molecule has 1 atom stereocenters. The second-order valence-corrected chi connectivity index (χ2v) is 3.88. The third kappa shape index (κ3) is 3.28. The van der Waals surface area contributed by atoms with E-state index in [-0.39, 0.29) is 12.0 Å². The molecule has 0 saturated carbocycles. The Morgan fingerprint density at radius 1 is 1.67 bits per heavy atom. The number of benzene rings is 1. The van der Waals surface area contributed by atoms with Crippen LogP contribution in [0, 0.1) is 5.82 Å². The summed E-state index contributed by atoms with van der Waals surface area (Å²) in [6.07, 6.45) is -1.45. The second kappa shape index (κ2) is 5.23. The summed E-state index contributed by atoms with van der Waals surface area (Å²) in [5.74, 6) is -1.13. The topological polar surface area (TPSA) is 46.5 Å². The van der Waals surface area contributed by atoms with Crippen molar-refractivity contribution in [2.45, 2.75) is 12.5 Å². The van der Waals surface area contributed by atoms with E-state index in [4.69, 9.17) is 0 Å². The molecule has 0 aliphatic heterocycles. The molecule has 15 heavy (non-hydrogen) atoms. The highest BCUT2D eigenvalue weighted by molar-refractivity contribution is 9.10. The SMILES string of the molecule is COC(=O)CC(O)c1cc(Br)ccc1F. The van der Waals surface area contributed by atoms with E-state index in [1.54, 1.807) is 0 Å². The maximum atomic E-state index is 13.2. The molecule has 1 aromatic rings. The number of aliphatic hydroxyl groups excluding tert-OH is 1. The van der Waals surface area contributed by atoms with Crippen LogP contribution in [0.25, 0.3) is 0 Å². The monoisotopic (exact) mass is 276 g/mol. The molecule has 0 bridgehead atoms. The van der Waals surface area contributed by atoms with Crippen molar-refractivity contribution in [1.82, 2.24) is 0 Å². The Bertz CT molecular complexity index is 368.